The van der Waals surface area contributed by atoms with Crippen LogP contribution in [0.15, 0.2) is 77.3 Å². The van der Waals surface area contributed by atoms with Gasteiger partial charge in [0.05, 0.1) is 10.1 Å². The number of benzene rings is 1. The molecule has 0 bridgehead atoms. The van der Waals surface area contributed by atoms with Crippen LogP contribution < -0.4 is 0 Å². The van der Waals surface area contributed by atoms with E-state index in [4.69, 9.17) is 0 Å². The molecule has 0 aliphatic carbocycles. The maximum atomic E-state index is 13.1. The summed E-state index contributed by atoms with van der Waals surface area (Å²) in [5, 5.41) is -0.618. The Morgan fingerprint density at radius 2 is 1.76 bits per heavy atom. The van der Waals surface area contributed by atoms with Gasteiger partial charge in [-0.05, 0) is 59.1 Å². The number of aryl methyl sites for hydroxylation is 1. The summed E-state index contributed by atoms with van der Waals surface area (Å²) in [6, 6.07) is 7.02. The molecule has 0 aromatic heterocycles. The Morgan fingerprint density at radius 3 is 2.28 bits per heavy atom. The van der Waals surface area contributed by atoms with Crippen LogP contribution in [0.4, 0.5) is 0 Å². The summed E-state index contributed by atoms with van der Waals surface area (Å²) in [7, 11) is -3.46. The molecule has 0 fully saturated rings. The Labute approximate surface area is 153 Å². The predicted molar refractivity (Wildman–Crippen MR) is 109 cm³/mol. The van der Waals surface area contributed by atoms with Crippen molar-refractivity contribution in [1.29, 1.82) is 0 Å². The first-order valence-corrected chi connectivity index (χ1v) is 10.1. The molecule has 0 amide bonds. The minimum absolute atomic E-state index is 0.355. The second kappa shape index (κ2) is 9.57. The first kappa shape index (κ1) is 21.2. The average molecular weight is 359 g/mol. The summed E-state index contributed by atoms with van der Waals surface area (Å²) in [5.74, 6) is 0. The predicted octanol–water partition coefficient (Wildman–Crippen LogP) is 5.96. The lowest BCUT2D eigenvalue weighted by Gasteiger charge is -2.16. The van der Waals surface area contributed by atoms with E-state index >= 15 is 0 Å². The van der Waals surface area contributed by atoms with Gasteiger partial charge in [0.15, 0.2) is 9.84 Å². The third kappa shape index (κ3) is 6.87. The number of hydrogen-bond acceptors (Lipinski definition) is 2. The van der Waals surface area contributed by atoms with Crippen LogP contribution >= 0.6 is 0 Å². The summed E-state index contributed by atoms with van der Waals surface area (Å²) in [6.45, 7) is 15.7. The van der Waals surface area contributed by atoms with E-state index in [2.05, 4.69) is 33.1 Å². The third-order valence-corrected chi connectivity index (χ3v) is 6.09. The molecule has 0 heterocycles. The zero-order valence-electron chi connectivity index (χ0n) is 15.9. The molecule has 1 aromatic rings. The highest BCUT2D eigenvalue weighted by Crippen LogP contribution is 2.24. The largest absolute Gasteiger partial charge is 0.223 e. The zero-order valence-corrected chi connectivity index (χ0v) is 16.7. The first-order chi connectivity index (χ1) is 11.7. The van der Waals surface area contributed by atoms with Crippen molar-refractivity contribution >= 4 is 9.84 Å². The highest BCUT2D eigenvalue weighted by molar-refractivity contribution is 7.92. The fourth-order valence-corrected chi connectivity index (χ4v) is 4.20. The maximum Gasteiger partial charge on any atom is 0.185 e. The fraction of sp³-hybridized carbons (Fsp3) is 0.364. The van der Waals surface area contributed by atoms with E-state index in [-0.39, 0.29) is 0 Å². The fourth-order valence-electron chi connectivity index (χ4n) is 2.49. The van der Waals surface area contributed by atoms with Crippen LogP contribution in [0.5, 0.6) is 0 Å². The van der Waals surface area contributed by atoms with Crippen molar-refractivity contribution in [3.8, 4) is 0 Å². The van der Waals surface area contributed by atoms with Crippen molar-refractivity contribution in [2.45, 2.75) is 57.1 Å². The van der Waals surface area contributed by atoms with Crippen molar-refractivity contribution in [3.63, 3.8) is 0 Å². The number of rotatable bonds is 9. The molecule has 0 radical (unpaired) electrons. The van der Waals surface area contributed by atoms with Crippen LogP contribution in [0.3, 0.4) is 0 Å². The van der Waals surface area contributed by atoms with Gasteiger partial charge in [-0.25, -0.2) is 8.42 Å². The van der Waals surface area contributed by atoms with Crippen LogP contribution in [-0.2, 0) is 9.84 Å². The lowest BCUT2D eigenvalue weighted by Crippen LogP contribution is -2.20. The van der Waals surface area contributed by atoms with E-state index < -0.39 is 15.1 Å². The summed E-state index contributed by atoms with van der Waals surface area (Å²) in [6.07, 6.45) is 7.81. The molecule has 2 nitrogen and oxygen atoms in total. The maximum absolute atomic E-state index is 13.1. The monoisotopic (exact) mass is 358 g/mol. The van der Waals surface area contributed by atoms with Gasteiger partial charge in [0, 0.05) is 0 Å². The molecule has 0 aliphatic heterocycles. The Hall–Kier alpha value is -1.87. The van der Waals surface area contributed by atoms with Gasteiger partial charge in [0.2, 0.25) is 0 Å². The Balaban J connectivity index is 3.14. The van der Waals surface area contributed by atoms with Gasteiger partial charge in [0.1, 0.15) is 0 Å². The van der Waals surface area contributed by atoms with Crippen molar-refractivity contribution in [1.82, 2.24) is 0 Å². The molecular weight excluding hydrogens is 328 g/mol. The minimum atomic E-state index is -3.46. The highest BCUT2D eigenvalue weighted by Gasteiger charge is 2.26. The Kier molecular flexibility index (Phi) is 8.11. The molecule has 1 aromatic carbocycles. The van der Waals surface area contributed by atoms with Crippen LogP contribution in [0.2, 0.25) is 0 Å². The van der Waals surface area contributed by atoms with Gasteiger partial charge in [-0.3, -0.25) is 0 Å². The lowest BCUT2D eigenvalue weighted by molar-refractivity contribution is 0.587. The van der Waals surface area contributed by atoms with Gasteiger partial charge < -0.3 is 0 Å². The number of sulfone groups is 1. The molecule has 0 N–H and O–H groups in total. The quantitative estimate of drug-likeness (QED) is 0.403. The first-order valence-electron chi connectivity index (χ1n) is 8.58. The summed E-state index contributed by atoms with van der Waals surface area (Å²) in [4.78, 5) is 0.355. The molecule has 1 atom stereocenters. The summed E-state index contributed by atoms with van der Waals surface area (Å²) in [5.41, 5.74) is 4.13. The number of hydrogen-bond donors (Lipinski definition) is 0. The highest BCUT2D eigenvalue weighted by atomic mass is 32.2. The smallest absolute Gasteiger partial charge is 0.185 e. The van der Waals surface area contributed by atoms with E-state index in [9.17, 15) is 8.42 Å². The molecule has 3 heteroatoms. The van der Waals surface area contributed by atoms with E-state index in [0.29, 0.717) is 11.3 Å². The molecule has 136 valence electrons. The van der Waals surface area contributed by atoms with Crippen LogP contribution in [-0.4, -0.2) is 13.7 Å². The molecule has 0 aliphatic rings. The van der Waals surface area contributed by atoms with Gasteiger partial charge in [-0.15, -0.1) is 0 Å². The van der Waals surface area contributed by atoms with Gasteiger partial charge in [-0.2, -0.15) is 0 Å². The van der Waals surface area contributed by atoms with Crippen LogP contribution in [0.1, 0.15) is 45.6 Å². The molecule has 1 rings (SSSR count). The summed E-state index contributed by atoms with van der Waals surface area (Å²) >= 11 is 0. The molecule has 0 saturated heterocycles. The minimum Gasteiger partial charge on any atom is -0.223 e. The van der Waals surface area contributed by atoms with Gasteiger partial charge in [-0.1, -0.05) is 65.8 Å². The SMILES string of the molecule is C=CC(=C)CC(/C=C(\C)CCC=C(C)C)S(=O)(=O)c1ccc(C)cc1. The zero-order chi connectivity index (χ0) is 19.0. The second-order valence-electron chi connectivity index (χ2n) is 6.80. The molecule has 25 heavy (non-hydrogen) atoms. The second-order valence-corrected chi connectivity index (χ2v) is 8.96. The number of allylic oxidation sites excluding steroid dienone is 5. The van der Waals surface area contributed by atoms with Crippen molar-refractivity contribution < 1.29 is 8.42 Å². The van der Waals surface area contributed by atoms with Crippen LogP contribution in [0, 0.1) is 6.92 Å². The van der Waals surface area contributed by atoms with Crippen molar-refractivity contribution in [2.24, 2.45) is 0 Å². The van der Waals surface area contributed by atoms with E-state index in [1.807, 2.05) is 32.1 Å². The summed E-state index contributed by atoms with van der Waals surface area (Å²) < 4.78 is 26.2. The van der Waals surface area contributed by atoms with E-state index in [1.165, 1.54) is 5.57 Å². The third-order valence-electron chi connectivity index (χ3n) is 4.06. The molecule has 0 saturated carbocycles. The van der Waals surface area contributed by atoms with Crippen molar-refractivity contribution in [3.05, 3.63) is 77.9 Å². The molecule has 0 spiro atoms. The van der Waals surface area contributed by atoms with Crippen LogP contribution in [0.25, 0.3) is 0 Å². The standard InChI is InChI=1S/C22H30O2S/c1-7-18(4)15-22(16-20(6)10-8-9-17(2)3)25(23,24)21-13-11-19(5)12-14-21/h7,9,11-14,16,22H,1,4,8,10,15H2,2-3,5-6H3/b20-16+. The van der Waals surface area contributed by atoms with Crippen molar-refractivity contribution in [2.75, 3.05) is 0 Å². The Bertz CT molecular complexity index is 759. The van der Waals surface area contributed by atoms with Gasteiger partial charge >= 0.3 is 0 Å². The van der Waals surface area contributed by atoms with E-state index in [0.717, 1.165) is 29.6 Å². The van der Waals surface area contributed by atoms with E-state index in [1.54, 1.807) is 18.2 Å². The molecular formula is C22H30O2S. The lowest BCUT2D eigenvalue weighted by atomic mass is 10.1. The molecule has 1 unspecified atom stereocenters. The Morgan fingerprint density at radius 1 is 1.16 bits per heavy atom. The van der Waals surface area contributed by atoms with Gasteiger partial charge in [0.25, 0.3) is 0 Å². The average Bonchev–Trinajstić information content (AvgIpc) is 2.54. The normalized spacial score (nSPS) is 13.2. The topological polar surface area (TPSA) is 34.1 Å².